The molecule has 17 heavy (non-hydrogen) atoms. The van der Waals surface area contributed by atoms with Gasteiger partial charge in [0.05, 0.1) is 6.04 Å². The molecule has 0 saturated carbocycles. The van der Waals surface area contributed by atoms with Crippen molar-refractivity contribution < 1.29 is 22.7 Å². The second-order valence-corrected chi connectivity index (χ2v) is 5.04. The van der Waals surface area contributed by atoms with Gasteiger partial charge in [-0.3, -0.25) is 4.90 Å². The maximum atomic E-state index is 12.3. The molecule has 4 nitrogen and oxygen atoms in total. The van der Waals surface area contributed by atoms with Crippen LogP contribution in [-0.2, 0) is 4.74 Å². The smallest absolute Gasteiger partial charge is 0.410 e. The zero-order valence-corrected chi connectivity index (χ0v) is 10.1. The highest BCUT2D eigenvalue weighted by molar-refractivity contribution is 5.69. The van der Waals surface area contributed by atoms with E-state index in [1.54, 1.807) is 20.8 Å². The van der Waals surface area contributed by atoms with Crippen molar-refractivity contribution in [1.29, 1.82) is 0 Å². The molecule has 1 aliphatic rings. The van der Waals surface area contributed by atoms with Crippen molar-refractivity contribution >= 4 is 6.09 Å². The Bertz CT molecular complexity index is 282. The van der Waals surface area contributed by atoms with Gasteiger partial charge in [-0.15, -0.1) is 0 Å². The molecule has 0 aromatic rings. The molecule has 1 amide bonds. The molecule has 0 atom stereocenters. The third kappa shape index (κ3) is 4.80. The third-order valence-corrected chi connectivity index (χ3v) is 2.18. The summed E-state index contributed by atoms with van der Waals surface area (Å²) >= 11 is 0. The van der Waals surface area contributed by atoms with Gasteiger partial charge in [0, 0.05) is 13.1 Å². The van der Waals surface area contributed by atoms with Crippen molar-refractivity contribution in [3.8, 4) is 0 Å². The number of hydrogen-bond acceptors (Lipinski definition) is 3. The van der Waals surface area contributed by atoms with Gasteiger partial charge in [-0.05, 0) is 20.8 Å². The Hall–Kier alpha value is -0.980. The molecule has 0 unspecified atom stereocenters. The van der Waals surface area contributed by atoms with E-state index < -0.39 is 30.5 Å². The van der Waals surface area contributed by atoms with Gasteiger partial charge in [-0.25, -0.2) is 4.79 Å². The monoisotopic (exact) mass is 254 g/mol. The number of rotatable bonds is 2. The van der Waals surface area contributed by atoms with Crippen LogP contribution >= 0.6 is 0 Å². The minimum atomic E-state index is -4.41. The van der Waals surface area contributed by atoms with Gasteiger partial charge >= 0.3 is 12.3 Å². The molecule has 1 fully saturated rings. The molecule has 0 aromatic carbocycles. The van der Waals surface area contributed by atoms with Gasteiger partial charge in [0.1, 0.15) is 12.1 Å². The summed E-state index contributed by atoms with van der Waals surface area (Å²) in [4.78, 5) is 12.4. The van der Waals surface area contributed by atoms with E-state index >= 15 is 0 Å². The number of hydrogen-bond donors (Lipinski definition) is 1. The molecule has 0 aliphatic carbocycles. The fourth-order valence-corrected chi connectivity index (χ4v) is 1.35. The Morgan fingerprint density at radius 2 is 1.88 bits per heavy atom. The summed E-state index contributed by atoms with van der Waals surface area (Å²) in [5.74, 6) is 0. The van der Waals surface area contributed by atoms with Crippen LogP contribution in [0.25, 0.3) is 0 Å². The summed E-state index contributed by atoms with van der Waals surface area (Å²) in [6.45, 7) is 4.33. The standard InChI is InChI=1S/C10H17F3N2O2/c1-9(2,3)17-8(16)15(6-10(11,12)13)7-4-14-5-7/h7,14H,4-6H2,1-3H3. The van der Waals surface area contributed by atoms with E-state index in [0.29, 0.717) is 13.1 Å². The Labute approximate surface area is 98.1 Å². The van der Waals surface area contributed by atoms with Crippen LogP contribution < -0.4 is 5.32 Å². The highest BCUT2D eigenvalue weighted by Gasteiger charge is 2.40. The zero-order chi connectivity index (χ0) is 13.3. The van der Waals surface area contributed by atoms with Crippen LogP contribution in [0.4, 0.5) is 18.0 Å². The molecule has 0 radical (unpaired) electrons. The van der Waals surface area contributed by atoms with Crippen LogP contribution in [0.2, 0.25) is 0 Å². The number of amides is 1. The summed E-state index contributed by atoms with van der Waals surface area (Å²) in [6, 6.07) is -0.438. The first-order valence-corrected chi connectivity index (χ1v) is 5.35. The second-order valence-electron chi connectivity index (χ2n) is 5.04. The summed E-state index contributed by atoms with van der Waals surface area (Å²) in [5.41, 5.74) is -0.794. The van der Waals surface area contributed by atoms with Crippen molar-refractivity contribution in [2.75, 3.05) is 19.6 Å². The first-order valence-electron chi connectivity index (χ1n) is 5.35. The maximum absolute atomic E-state index is 12.3. The lowest BCUT2D eigenvalue weighted by Crippen LogP contribution is -2.61. The van der Waals surface area contributed by atoms with E-state index in [1.807, 2.05) is 0 Å². The summed E-state index contributed by atoms with van der Waals surface area (Å²) in [6.07, 6.45) is -5.33. The van der Waals surface area contributed by atoms with E-state index in [4.69, 9.17) is 4.74 Å². The Morgan fingerprint density at radius 3 is 2.18 bits per heavy atom. The SMILES string of the molecule is CC(C)(C)OC(=O)N(CC(F)(F)F)C1CNC1. The molecule has 0 spiro atoms. The van der Waals surface area contributed by atoms with Crippen LogP contribution in [-0.4, -0.2) is 48.4 Å². The molecule has 0 aromatic heterocycles. The second kappa shape index (κ2) is 4.72. The number of ether oxygens (including phenoxy) is 1. The normalized spacial score (nSPS) is 17.5. The van der Waals surface area contributed by atoms with Crippen LogP contribution in [0.5, 0.6) is 0 Å². The van der Waals surface area contributed by atoms with Crippen LogP contribution in [0.1, 0.15) is 20.8 Å². The highest BCUT2D eigenvalue weighted by atomic mass is 19.4. The van der Waals surface area contributed by atoms with Gasteiger partial charge in [0.15, 0.2) is 0 Å². The first kappa shape index (κ1) is 14.1. The van der Waals surface area contributed by atoms with Crippen molar-refractivity contribution in [3.63, 3.8) is 0 Å². The number of nitrogens with one attached hydrogen (secondary N) is 1. The molecule has 7 heteroatoms. The lowest BCUT2D eigenvalue weighted by Gasteiger charge is -2.39. The fourth-order valence-electron chi connectivity index (χ4n) is 1.35. The van der Waals surface area contributed by atoms with Crippen molar-refractivity contribution in [2.45, 2.75) is 38.6 Å². The van der Waals surface area contributed by atoms with Gasteiger partial charge in [-0.1, -0.05) is 0 Å². The van der Waals surface area contributed by atoms with E-state index in [2.05, 4.69) is 5.32 Å². The van der Waals surface area contributed by atoms with E-state index in [-0.39, 0.29) is 0 Å². The van der Waals surface area contributed by atoms with Crippen LogP contribution in [0, 0.1) is 0 Å². The third-order valence-electron chi connectivity index (χ3n) is 2.18. The fraction of sp³-hybridized carbons (Fsp3) is 0.900. The molecule has 1 saturated heterocycles. The lowest BCUT2D eigenvalue weighted by molar-refractivity contribution is -0.150. The minimum Gasteiger partial charge on any atom is -0.444 e. The van der Waals surface area contributed by atoms with E-state index in [9.17, 15) is 18.0 Å². The number of nitrogens with zero attached hydrogens (tertiary/aromatic N) is 1. The Kier molecular flexibility index (Phi) is 3.91. The van der Waals surface area contributed by atoms with Crippen LogP contribution in [0.15, 0.2) is 0 Å². The Balaban J connectivity index is 2.65. The summed E-state index contributed by atoms with van der Waals surface area (Å²) < 4.78 is 42.0. The first-order chi connectivity index (χ1) is 7.58. The molecule has 1 heterocycles. The van der Waals surface area contributed by atoms with Gasteiger partial charge in [-0.2, -0.15) is 13.2 Å². The minimum absolute atomic E-state index is 0.370. The quantitative estimate of drug-likeness (QED) is 0.816. The maximum Gasteiger partial charge on any atom is 0.410 e. The molecule has 1 rings (SSSR count). The Morgan fingerprint density at radius 1 is 1.35 bits per heavy atom. The predicted molar refractivity (Wildman–Crippen MR) is 55.7 cm³/mol. The van der Waals surface area contributed by atoms with Gasteiger partial charge in [0.2, 0.25) is 0 Å². The van der Waals surface area contributed by atoms with Crippen LogP contribution in [0.3, 0.4) is 0 Å². The predicted octanol–water partition coefficient (Wildman–Crippen LogP) is 1.76. The van der Waals surface area contributed by atoms with Crippen molar-refractivity contribution in [2.24, 2.45) is 0 Å². The van der Waals surface area contributed by atoms with Gasteiger partial charge in [0.25, 0.3) is 0 Å². The average molecular weight is 254 g/mol. The average Bonchev–Trinajstić information content (AvgIpc) is 1.93. The molecule has 100 valence electrons. The molecule has 1 aliphatic heterocycles. The largest absolute Gasteiger partial charge is 0.444 e. The lowest BCUT2D eigenvalue weighted by atomic mass is 10.1. The topological polar surface area (TPSA) is 41.6 Å². The molecule has 1 N–H and O–H groups in total. The molecule has 0 bridgehead atoms. The molecular weight excluding hydrogens is 237 g/mol. The van der Waals surface area contributed by atoms with E-state index in [1.165, 1.54) is 0 Å². The van der Waals surface area contributed by atoms with Gasteiger partial charge < -0.3 is 10.1 Å². The highest BCUT2D eigenvalue weighted by Crippen LogP contribution is 2.21. The zero-order valence-electron chi connectivity index (χ0n) is 10.1. The number of carbonyl (C=O) groups is 1. The summed E-state index contributed by atoms with van der Waals surface area (Å²) in [7, 11) is 0. The van der Waals surface area contributed by atoms with Crippen molar-refractivity contribution in [3.05, 3.63) is 0 Å². The number of alkyl halides is 3. The van der Waals surface area contributed by atoms with E-state index in [0.717, 1.165) is 4.90 Å². The summed E-state index contributed by atoms with van der Waals surface area (Å²) in [5, 5.41) is 2.83. The number of carbonyl (C=O) groups excluding carboxylic acids is 1. The number of halogens is 3. The molecular formula is C10H17F3N2O2. The van der Waals surface area contributed by atoms with Crippen molar-refractivity contribution in [1.82, 2.24) is 10.2 Å².